The van der Waals surface area contributed by atoms with E-state index >= 15 is 0 Å². The number of hydrogen-bond donors (Lipinski definition) is 0. The lowest BCUT2D eigenvalue weighted by Crippen LogP contribution is -2.50. The molecule has 5 aliphatic carbocycles. The molecule has 0 amide bonds. The van der Waals surface area contributed by atoms with E-state index in [9.17, 15) is 0 Å². The van der Waals surface area contributed by atoms with Crippen LogP contribution in [0.3, 0.4) is 0 Å². The van der Waals surface area contributed by atoms with Crippen molar-refractivity contribution >= 4 is 49.6 Å². The smallest absolute Gasteiger partial charge is 0.0543 e. The van der Waals surface area contributed by atoms with Gasteiger partial charge in [-0.2, -0.15) is 0 Å². The fraction of sp³-hybridized carbons (Fsp3) is 0.216. The molecule has 13 rings (SSSR count). The zero-order chi connectivity index (χ0) is 34.5. The SMILES string of the molecule is c1ccc(-n2c3ccccc3c3cc(N(c4ccc5ccccc5c4)c4cccc5c4-c4ccccc4C54C5CC6CC7CC4C7(C6)C5)ccc32)cc1. The first-order valence-corrected chi connectivity index (χ1v) is 19.8. The Balaban J connectivity index is 1.08. The quantitative estimate of drug-likeness (QED) is 0.180. The molecule has 2 spiro atoms. The van der Waals surface area contributed by atoms with Gasteiger partial charge in [0.25, 0.3) is 0 Å². The summed E-state index contributed by atoms with van der Waals surface area (Å²) in [5, 5.41) is 5.09. The van der Waals surface area contributed by atoms with Crippen molar-refractivity contribution in [1.82, 2.24) is 4.57 Å². The fourth-order valence-corrected chi connectivity index (χ4v) is 13.4. The predicted molar refractivity (Wildman–Crippen MR) is 219 cm³/mol. The van der Waals surface area contributed by atoms with Crippen LogP contribution >= 0.6 is 0 Å². The van der Waals surface area contributed by atoms with E-state index in [2.05, 4.69) is 167 Å². The number of benzene rings is 7. The van der Waals surface area contributed by atoms with E-state index in [0.29, 0.717) is 5.41 Å². The Bertz CT molecular complexity index is 2830. The van der Waals surface area contributed by atoms with Crippen LogP contribution in [0.25, 0.3) is 49.4 Å². The van der Waals surface area contributed by atoms with E-state index in [1.54, 1.807) is 11.1 Å². The molecule has 5 aliphatic rings. The van der Waals surface area contributed by atoms with Crippen LogP contribution in [0.1, 0.15) is 43.2 Å². The van der Waals surface area contributed by atoms with Gasteiger partial charge in [0.05, 0.1) is 16.7 Å². The van der Waals surface area contributed by atoms with Gasteiger partial charge in [-0.1, -0.05) is 103 Å². The summed E-state index contributed by atoms with van der Waals surface area (Å²) in [5.41, 5.74) is 14.2. The summed E-state index contributed by atoms with van der Waals surface area (Å²) < 4.78 is 2.42. The second-order valence-corrected chi connectivity index (χ2v) is 17.0. The van der Waals surface area contributed by atoms with Gasteiger partial charge in [-0.05, 0) is 143 Å². The first kappa shape index (κ1) is 28.9. The highest BCUT2D eigenvalue weighted by molar-refractivity contribution is 6.11. The van der Waals surface area contributed by atoms with Gasteiger partial charge in [-0.25, -0.2) is 0 Å². The molecular formula is C51H40N2. The van der Waals surface area contributed by atoms with Gasteiger partial charge in [-0.3, -0.25) is 0 Å². The summed E-state index contributed by atoms with van der Waals surface area (Å²) in [4.78, 5) is 2.59. The van der Waals surface area contributed by atoms with Crippen LogP contribution in [-0.4, -0.2) is 4.57 Å². The van der Waals surface area contributed by atoms with Crippen molar-refractivity contribution in [3.8, 4) is 16.8 Å². The van der Waals surface area contributed by atoms with Crippen LogP contribution in [0.2, 0.25) is 0 Å². The van der Waals surface area contributed by atoms with Crippen molar-refractivity contribution in [3.05, 3.63) is 169 Å². The predicted octanol–water partition coefficient (Wildman–Crippen LogP) is 13.1. The van der Waals surface area contributed by atoms with Gasteiger partial charge in [0.2, 0.25) is 0 Å². The van der Waals surface area contributed by atoms with E-state index in [0.717, 1.165) is 23.7 Å². The molecule has 4 fully saturated rings. The molecule has 2 heteroatoms. The number of nitrogens with zero attached hydrogens (tertiary/aromatic N) is 2. The van der Waals surface area contributed by atoms with E-state index in [1.807, 2.05) is 0 Å². The van der Waals surface area contributed by atoms with E-state index in [1.165, 1.54) is 98.6 Å². The normalized spacial score (nSPS) is 27.0. The summed E-state index contributed by atoms with van der Waals surface area (Å²) in [6.45, 7) is 0. The molecule has 254 valence electrons. The van der Waals surface area contributed by atoms with Crippen molar-refractivity contribution in [1.29, 1.82) is 0 Å². The minimum Gasteiger partial charge on any atom is -0.310 e. The van der Waals surface area contributed by atoms with Crippen molar-refractivity contribution in [2.24, 2.45) is 29.1 Å². The Labute approximate surface area is 310 Å². The monoisotopic (exact) mass is 680 g/mol. The maximum absolute atomic E-state index is 2.59. The first-order chi connectivity index (χ1) is 26.2. The molecule has 0 saturated heterocycles. The second-order valence-electron chi connectivity index (χ2n) is 17.0. The third kappa shape index (κ3) is 3.51. The molecule has 6 unspecified atom stereocenters. The molecule has 1 heterocycles. The zero-order valence-corrected chi connectivity index (χ0v) is 29.8. The minimum absolute atomic E-state index is 0.135. The topological polar surface area (TPSA) is 8.17 Å². The molecule has 0 N–H and O–H groups in total. The van der Waals surface area contributed by atoms with Crippen LogP contribution in [-0.2, 0) is 5.41 Å². The van der Waals surface area contributed by atoms with E-state index in [-0.39, 0.29) is 5.41 Å². The standard InChI is InChI=1S/C51H40N2/c1-2-13-37(14-3-1)53-45-19-9-7-15-40(45)42-29-39(23-24-46(42)53)52(38-22-21-33-11-4-5-12-34(33)27-38)47-20-10-18-44-49(47)41-16-6-8-17-43(41)51(44)36-26-32-25-35-28-48(51)50(35,30-32)31-36/h1-24,27,29,32,35-36,48H,25-26,28,30-31H2. The van der Waals surface area contributed by atoms with Crippen molar-refractivity contribution in [2.45, 2.75) is 37.5 Å². The number of para-hydroxylation sites is 2. The molecule has 0 aliphatic heterocycles. The molecule has 4 saturated carbocycles. The van der Waals surface area contributed by atoms with Gasteiger partial charge < -0.3 is 9.47 Å². The Kier molecular flexibility index (Phi) is 5.50. The number of rotatable bonds is 4. The average Bonchev–Trinajstić information content (AvgIpc) is 3.81. The Morgan fingerprint density at radius 1 is 0.528 bits per heavy atom. The summed E-state index contributed by atoms with van der Waals surface area (Å²) in [6.07, 6.45) is 7.24. The van der Waals surface area contributed by atoms with Crippen LogP contribution < -0.4 is 4.90 Å². The lowest BCUT2D eigenvalue weighted by Gasteiger charge is -2.54. The van der Waals surface area contributed by atoms with Crippen molar-refractivity contribution in [2.75, 3.05) is 4.90 Å². The van der Waals surface area contributed by atoms with Crippen molar-refractivity contribution in [3.63, 3.8) is 0 Å². The number of anilines is 3. The molecular weight excluding hydrogens is 641 g/mol. The van der Waals surface area contributed by atoms with Gasteiger partial charge in [0.15, 0.2) is 0 Å². The van der Waals surface area contributed by atoms with E-state index < -0.39 is 0 Å². The molecule has 8 aromatic rings. The summed E-state index contributed by atoms with van der Waals surface area (Å²) in [5.74, 6) is 3.40. The molecule has 7 aromatic carbocycles. The Morgan fingerprint density at radius 2 is 1.26 bits per heavy atom. The molecule has 3 bridgehead atoms. The largest absolute Gasteiger partial charge is 0.310 e. The van der Waals surface area contributed by atoms with Crippen LogP contribution in [0, 0.1) is 29.1 Å². The highest BCUT2D eigenvalue weighted by Crippen LogP contribution is 2.83. The average molecular weight is 681 g/mol. The van der Waals surface area contributed by atoms with Gasteiger partial charge in [0, 0.05) is 38.8 Å². The number of hydrogen-bond acceptors (Lipinski definition) is 1. The lowest BCUT2D eigenvalue weighted by atomic mass is 9.49. The highest BCUT2D eigenvalue weighted by atomic mass is 15.1. The summed E-state index contributed by atoms with van der Waals surface area (Å²) >= 11 is 0. The molecule has 53 heavy (non-hydrogen) atoms. The molecule has 6 atom stereocenters. The maximum atomic E-state index is 2.59. The Morgan fingerprint density at radius 3 is 2.21 bits per heavy atom. The Hall–Kier alpha value is -5.60. The van der Waals surface area contributed by atoms with Crippen LogP contribution in [0.15, 0.2) is 158 Å². The van der Waals surface area contributed by atoms with Gasteiger partial charge in [-0.15, -0.1) is 0 Å². The molecule has 2 nitrogen and oxygen atoms in total. The second kappa shape index (κ2) is 10.1. The minimum atomic E-state index is 0.135. The van der Waals surface area contributed by atoms with Gasteiger partial charge in [0.1, 0.15) is 0 Å². The summed E-state index contributed by atoms with van der Waals surface area (Å²) in [7, 11) is 0. The van der Waals surface area contributed by atoms with Crippen LogP contribution in [0.4, 0.5) is 17.1 Å². The van der Waals surface area contributed by atoms with Crippen molar-refractivity contribution < 1.29 is 0 Å². The maximum Gasteiger partial charge on any atom is 0.0543 e. The van der Waals surface area contributed by atoms with E-state index in [4.69, 9.17) is 0 Å². The van der Waals surface area contributed by atoms with Crippen LogP contribution in [0.5, 0.6) is 0 Å². The number of fused-ring (bicyclic) bond motifs is 13. The molecule has 1 aromatic heterocycles. The first-order valence-electron chi connectivity index (χ1n) is 19.8. The molecule has 0 radical (unpaired) electrons. The fourth-order valence-electron chi connectivity index (χ4n) is 13.4. The third-order valence-electron chi connectivity index (χ3n) is 15.0. The lowest BCUT2D eigenvalue weighted by molar-refractivity contribution is -0.0193. The third-order valence-corrected chi connectivity index (χ3v) is 15.0. The summed E-state index contributed by atoms with van der Waals surface area (Å²) in [6, 6.07) is 59.7. The van der Waals surface area contributed by atoms with Gasteiger partial charge >= 0.3 is 0 Å². The zero-order valence-electron chi connectivity index (χ0n) is 29.8. The number of aromatic nitrogens is 1. The highest BCUT2D eigenvalue weighted by Gasteiger charge is 2.77.